The highest BCUT2D eigenvalue weighted by Crippen LogP contribution is 2.58. The van der Waals surface area contributed by atoms with Crippen LogP contribution in [0.1, 0.15) is 37.4 Å². The summed E-state index contributed by atoms with van der Waals surface area (Å²) in [5.41, 5.74) is 3.02. The van der Waals surface area contributed by atoms with E-state index in [0.29, 0.717) is 11.3 Å². The van der Waals surface area contributed by atoms with Gasteiger partial charge < -0.3 is 5.32 Å². The van der Waals surface area contributed by atoms with E-state index in [1.165, 1.54) is 17.7 Å². The van der Waals surface area contributed by atoms with Crippen LogP contribution in [0, 0.1) is 5.41 Å². The molecular formula is C15H18N2S. The summed E-state index contributed by atoms with van der Waals surface area (Å²) < 4.78 is 0. The van der Waals surface area contributed by atoms with E-state index in [2.05, 4.69) is 48.8 Å². The highest BCUT2D eigenvalue weighted by atomic mass is 32.1. The molecule has 1 aromatic carbocycles. The Bertz CT molecular complexity index is 530. The Morgan fingerprint density at radius 1 is 1.33 bits per heavy atom. The molecule has 0 radical (unpaired) electrons. The van der Waals surface area contributed by atoms with Crippen molar-refractivity contribution < 1.29 is 0 Å². The maximum absolute atomic E-state index is 4.69. The SMILES string of the molecule is CC1(C)CC1c1csc(NCc2ccccc2)n1. The van der Waals surface area contributed by atoms with E-state index in [-0.39, 0.29) is 0 Å². The molecule has 1 N–H and O–H groups in total. The number of nitrogens with one attached hydrogen (secondary N) is 1. The molecule has 1 aromatic heterocycles. The summed E-state index contributed by atoms with van der Waals surface area (Å²) in [6.07, 6.45) is 1.27. The summed E-state index contributed by atoms with van der Waals surface area (Å²) in [4.78, 5) is 4.69. The lowest BCUT2D eigenvalue weighted by atomic mass is 10.1. The Labute approximate surface area is 112 Å². The minimum absolute atomic E-state index is 0.463. The number of hydrogen-bond acceptors (Lipinski definition) is 3. The Morgan fingerprint density at radius 3 is 2.72 bits per heavy atom. The van der Waals surface area contributed by atoms with Gasteiger partial charge in [-0.15, -0.1) is 11.3 Å². The molecular weight excluding hydrogens is 240 g/mol. The molecule has 2 nitrogen and oxygen atoms in total. The maximum Gasteiger partial charge on any atom is 0.183 e. The van der Waals surface area contributed by atoms with Gasteiger partial charge in [-0.3, -0.25) is 0 Å². The standard InChI is InChI=1S/C15H18N2S/c1-15(2)8-12(15)13-10-18-14(17-13)16-9-11-6-4-3-5-7-11/h3-7,10,12H,8-9H2,1-2H3,(H,16,17). The van der Waals surface area contributed by atoms with Gasteiger partial charge in [-0.1, -0.05) is 44.2 Å². The molecule has 1 fully saturated rings. The number of nitrogens with zero attached hydrogens (tertiary/aromatic N) is 1. The van der Waals surface area contributed by atoms with Gasteiger partial charge in [0.25, 0.3) is 0 Å². The van der Waals surface area contributed by atoms with Crippen molar-refractivity contribution in [1.82, 2.24) is 4.98 Å². The minimum atomic E-state index is 0.463. The molecule has 0 spiro atoms. The zero-order chi connectivity index (χ0) is 12.6. The highest BCUT2D eigenvalue weighted by Gasteiger charge is 2.47. The van der Waals surface area contributed by atoms with Gasteiger partial charge in [-0.25, -0.2) is 4.98 Å². The minimum Gasteiger partial charge on any atom is -0.357 e. The number of rotatable bonds is 4. The van der Waals surface area contributed by atoms with Gasteiger partial charge in [0.1, 0.15) is 0 Å². The molecule has 94 valence electrons. The lowest BCUT2D eigenvalue weighted by Gasteiger charge is -2.02. The fraction of sp³-hybridized carbons (Fsp3) is 0.400. The lowest BCUT2D eigenvalue weighted by Crippen LogP contribution is -1.99. The monoisotopic (exact) mass is 258 g/mol. The average Bonchev–Trinajstić information content (AvgIpc) is 2.81. The van der Waals surface area contributed by atoms with E-state index in [9.17, 15) is 0 Å². The molecule has 1 atom stereocenters. The highest BCUT2D eigenvalue weighted by molar-refractivity contribution is 7.13. The molecule has 1 saturated carbocycles. The molecule has 1 aliphatic rings. The van der Waals surface area contributed by atoms with E-state index in [0.717, 1.165) is 11.7 Å². The predicted octanol–water partition coefficient (Wildman–Crippen LogP) is 4.27. The van der Waals surface area contributed by atoms with Crippen molar-refractivity contribution in [3.63, 3.8) is 0 Å². The number of aromatic nitrogens is 1. The maximum atomic E-state index is 4.69. The molecule has 0 amide bonds. The molecule has 2 aromatic rings. The second-order valence-corrected chi connectivity index (χ2v) is 6.52. The quantitative estimate of drug-likeness (QED) is 0.886. The first-order valence-corrected chi connectivity index (χ1v) is 7.26. The van der Waals surface area contributed by atoms with Crippen LogP contribution in [0.25, 0.3) is 0 Å². The number of benzene rings is 1. The summed E-state index contributed by atoms with van der Waals surface area (Å²) in [5.74, 6) is 0.668. The van der Waals surface area contributed by atoms with Crippen LogP contribution in [0.2, 0.25) is 0 Å². The fourth-order valence-electron chi connectivity index (χ4n) is 2.27. The average molecular weight is 258 g/mol. The number of thiazole rings is 1. The van der Waals surface area contributed by atoms with Crippen molar-refractivity contribution in [3.8, 4) is 0 Å². The van der Waals surface area contributed by atoms with Gasteiger partial charge in [0.05, 0.1) is 5.69 Å². The van der Waals surface area contributed by atoms with Crippen LogP contribution in [0.15, 0.2) is 35.7 Å². The van der Waals surface area contributed by atoms with Crippen LogP contribution >= 0.6 is 11.3 Å². The fourth-order valence-corrected chi connectivity index (χ4v) is 3.04. The van der Waals surface area contributed by atoms with E-state index >= 15 is 0 Å². The molecule has 0 aliphatic heterocycles. The van der Waals surface area contributed by atoms with Crippen molar-refractivity contribution >= 4 is 16.5 Å². The van der Waals surface area contributed by atoms with Crippen LogP contribution < -0.4 is 5.32 Å². The third kappa shape index (κ3) is 2.41. The normalized spacial score (nSPS) is 20.7. The van der Waals surface area contributed by atoms with Crippen LogP contribution in [0.3, 0.4) is 0 Å². The number of hydrogen-bond donors (Lipinski definition) is 1. The topological polar surface area (TPSA) is 24.9 Å². The van der Waals surface area contributed by atoms with Crippen molar-refractivity contribution in [1.29, 1.82) is 0 Å². The Balaban J connectivity index is 1.61. The molecule has 0 saturated heterocycles. The Hall–Kier alpha value is -1.35. The van der Waals surface area contributed by atoms with Gasteiger partial charge in [-0.05, 0) is 17.4 Å². The first kappa shape index (κ1) is 11.7. The van der Waals surface area contributed by atoms with Crippen molar-refractivity contribution in [2.24, 2.45) is 5.41 Å². The Morgan fingerprint density at radius 2 is 2.06 bits per heavy atom. The van der Waals surface area contributed by atoms with E-state index < -0.39 is 0 Å². The molecule has 1 aliphatic carbocycles. The van der Waals surface area contributed by atoms with Crippen LogP contribution in [-0.2, 0) is 6.54 Å². The zero-order valence-electron chi connectivity index (χ0n) is 10.8. The lowest BCUT2D eigenvalue weighted by molar-refractivity contribution is 0.617. The molecule has 0 bridgehead atoms. The second kappa shape index (κ2) is 4.39. The zero-order valence-corrected chi connectivity index (χ0v) is 11.6. The number of anilines is 1. The molecule has 18 heavy (non-hydrogen) atoms. The van der Waals surface area contributed by atoms with Crippen molar-refractivity contribution in [2.75, 3.05) is 5.32 Å². The molecule has 3 heteroatoms. The first-order valence-electron chi connectivity index (χ1n) is 6.38. The third-order valence-electron chi connectivity index (χ3n) is 3.68. The van der Waals surface area contributed by atoms with Crippen LogP contribution in [-0.4, -0.2) is 4.98 Å². The van der Waals surface area contributed by atoms with Gasteiger partial charge in [0.2, 0.25) is 0 Å². The first-order chi connectivity index (χ1) is 8.65. The summed E-state index contributed by atoms with van der Waals surface area (Å²) >= 11 is 1.72. The summed E-state index contributed by atoms with van der Waals surface area (Å²) in [6, 6.07) is 10.4. The summed E-state index contributed by atoms with van der Waals surface area (Å²) in [5, 5.41) is 6.64. The predicted molar refractivity (Wildman–Crippen MR) is 77.0 cm³/mol. The van der Waals surface area contributed by atoms with E-state index in [1.807, 2.05) is 6.07 Å². The third-order valence-corrected chi connectivity index (χ3v) is 4.50. The van der Waals surface area contributed by atoms with E-state index in [4.69, 9.17) is 4.98 Å². The van der Waals surface area contributed by atoms with Crippen molar-refractivity contribution in [2.45, 2.75) is 32.7 Å². The smallest absolute Gasteiger partial charge is 0.183 e. The van der Waals surface area contributed by atoms with E-state index in [1.54, 1.807) is 11.3 Å². The summed E-state index contributed by atoms with van der Waals surface area (Å²) in [6.45, 7) is 5.48. The molecule has 3 rings (SSSR count). The van der Waals surface area contributed by atoms with Crippen molar-refractivity contribution in [3.05, 3.63) is 47.0 Å². The molecule has 1 heterocycles. The van der Waals surface area contributed by atoms with Gasteiger partial charge in [-0.2, -0.15) is 0 Å². The Kier molecular flexibility index (Phi) is 2.86. The largest absolute Gasteiger partial charge is 0.357 e. The second-order valence-electron chi connectivity index (χ2n) is 5.66. The molecule has 1 unspecified atom stereocenters. The van der Waals surface area contributed by atoms with Crippen LogP contribution in [0.4, 0.5) is 5.13 Å². The van der Waals surface area contributed by atoms with Gasteiger partial charge >= 0.3 is 0 Å². The van der Waals surface area contributed by atoms with Crippen LogP contribution in [0.5, 0.6) is 0 Å². The summed E-state index contributed by atoms with van der Waals surface area (Å²) in [7, 11) is 0. The van der Waals surface area contributed by atoms with Gasteiger partial charge in [0, 0.05) is 17.8 Å². The van der Waals surface area contributed by atoms with Gasteiger partial charge in [0.15, 0.2) is 5.13 Å².